The first-order valence-electron chi connectivity index (χ1n) is 8.89. The van der Waals surface area contributed by atoms with Gasteiger partial charge >= 0.3 is 0 Å². The molecule has 0 saturated carbocycles. The van der Waals surface area contributed by atoms with Crippen molar-refractivity contribution >= 4 is 5.91 Å². The van der Waals surface area contributed by atoms with Crippen molar-refractivity contribution in [3.8, 4) is 0 Å². The fourth-order valence-corrected chi connectivity index (χ4v) is 3.53. The summed E-state index contributed by atoms with van der Waals surface area (Å²) in [6, 6.07) is 6.41. The molecule has 0 unspecified atom stereocenters. The van der Waals surface area contributed by atoms with Crippen molar-refractivity contribution in [3.05, 3.63) is 53.9 Å². The number of nitrogens with one attached hydrogen (secondary N) is 1. The summed E-state index contributed by atoms with van der Waals surface area (Å²) in [6.45, 7) is 2.26. The molecular formula is C19H25FN4O2. The number of H-pyrrole nitrogens is 1. The lowest BCUT2D eigenvalue weighted by Crippen LogP contribution is -2.42. The van der Waals surface area contributed by atoms with Crippen LogP contribution >= 0.6 is 0 Å². The molecule has 2 N–H and O–H groups in total. The third kappa shape index (κ3) is 4.68. The van der Waals surface area contributed by atoms with Gasteiger partial charge in [-0.1, -0.05) is 12.1 Å². The minimum absolute atomic E-state index is 0.126. The standard InChI is InChI=1S/C19H25FN4O2/c1-23(13-15-3-5-16(20)6-4-15)14-19(26)7-2-11-24(12-8-19)18(25)17-21-9-10-22-17/h3-6,9-10,26H,2,7-8,11-14H2,1H3,(H,21,22)/t19-/m1/s1. The van der Waals surface area contributed by atoms with Crippen LogP contribution in [0.3, 0.4) is 0 Å². The summed E-state index contributed by atoms with van der Waals surface area (Å²) in [7, 11) is 1.94. The van der Waals surface area contributed by atoms with Gasteiger partial charge in [-0.25, -0.2) is 9.37 Å². The number of hydrogen-bond acceptors (Lipinski definition) is 4. The molecule has 1 aromatic carbocycles. The number of carbonyl (C=O) groups is 1. The molecule has 0 radical (unpaired) electrons. The highest BCUT2D eigenvalue weighted by Crippen LogP contribution is 2.24. The quantitative estimate of drug-likeness (QED) is 0.856. The van der Waals surface area contributed by atoms with Crippen molar-refractivity contribution in [3.63, 3.8) is 0 Å². The smallest absolute Gasteiger partial charge is 0.289 e. The third-order valence-electron chi connectivity index (χ3n) is 4.84. The summed E-state index contributed by atoms with van der Waals surface area (Å²) in [5.74, 6) is -0.0390. The summed E-state index contributed by atoms with van der Waals surface area (Å²) in [5, 5.41) is 11.0. The summed E-state index contributed by atoms with van der Waals surface area (Å²) in [5.41, 5.74) is 0.160. The highest BCUT2D eigenvalue weighted by Gasteiger charge is 2.33. The molecule has 2 aromatic rings. The van der Waals surface area contributed by atoms with Crippen LogP contribution in [0.15, 0.2) is 36.7 Å². The number of likely N-dealkylation sites (tertiary alicyclic amines) is 1. The highest BCUT2D eigenvalue weighted by molar-refractivity contribution is 5.90. The Morgan fingerprint density at radius 2 is 2.12 bits per heavy atom. The number of aliphatic hydroxyl groups is 1. The zero-order chi connectivity index (χ0) is 18.6. The monoisotopic (exact) mass is 360 g/mol. The highest BCUT2D eigenvalue weighted by atomic mass is 19.1. The second-order valence-corrected chi connectivity index (χ2v) is 7.11. The maximum Gasteiger partial charge on any atom is 0.289 e. The number of benzene rings is 1. The molecular weight excluding hydrogens is 335 g/mol. The summed E-state index contributed by atoms with van der Waals surface area (Å²) < 4.78 is 13.0. The van der Waals surface area contributed by atoms with Gasteiger partial charge in [0.05, 0.1) is 5.60 Å². The maximum atomic E-state index is 13.0. The van der Waals surface area contributed by atoms with E-state index in [2.05, 4.69) is 9.97 Å². The van der Waals surface area contributed by atoms with Crippen molar-refractivity contribution in [1.29, 1.82) is 0 Å². The Kier molecular flexibility index (Phi) is 5.68. The molecule has 7 heteroatoms. The Morgan fingerprint density at radius 3 is 2.81 bits per heavy atom. The molecule has 1 saturated heterocycles. The van der Waals surface area contributed by atoms with Crippen molar-refractivity contribution in [2.75, 3.05) is 26.7 Å². The molecule has 0 spiro atoms. The maximum absolute atomic E-state index is 13.0. The lowest BCUT2D eigenvalue weighted by molar-refractivity contribution is -0.00403. The van der Waals surface area contributed by atoms with E-state index < -0.39 is 5.60 Å². The Labute approximate surface area is 152 Å². The minimum atomic E-state index is -0.840. The van der Waals surface area contributed by atoms with Gasteiger partial charge in [0, 0.05) is 38.6 Å². The number of imidazole rings is 1. The van der Waals surface area contributed by atoms with Crippen LogP contribution in [0.5, 0.6) is 0 Å². The Bertz CT molecular complexity index is 720. The van der Waals surface area contributed by atoms with Crippen LogP contribution in [-0.2, 0) is 6.54 Å². The predicted molar refractivity (Wildman–Crippen MR) is 96.0 cm³/mol. The van der Waals surface area contributed by atoms with E-state index in [4.69, 9.17) is 0 Å². The zero-order valence-electron chi connectivity index (χ0n) is 15.0. The first kappa shape index (κ1) is 18.5. The van der Waals surface area contributed by atoms with E-state index in [0.717, 1.165) is 12.0 Å². The molecule has 1 amide bonds. The number of halogens is 1. The first-order chi connectivity index (χ1) is 12.5. The largest absolute Gasteiger partial charge is 0.388 e. The van der Waals surface area contributed by atoms with Crippen molar-refractivity contribution in [2.45, 2.75) is 31.4 Å². The molecule has 3 rings (SSSR count). The van der Waals surface area contributed by atoms with Crippen LogP contribution < -0.4 is 0 Å². The Hall–Kier alpha value is -2.25. The molecule has 2 heterocycles. The Balaban J connectivity index is 1.56. The van der Waals surface area contributed by atoms with E-state index >= 15 is 0 Å². The number of nitrogens with zero attached hydrogens (tertiary/aromatic N) is 3. The molecule has 1 aromatic heterocycles. The van der Waals surface area contributed by atoms with Gasteiger partial charge in [-0.2, -0.15) is 0 Å². The van der Waals surface area contributed by atoms with Crippen LogP contribution in [0, 0.1) is 5.82 Å². The lowest BCUT2D eigenvalue weighted by Gasteiger charge is -2.31. The van der Waals surface area contributed by atoms with Gasteiger partial charge in [0.15, 0.2) is 5.82 Å². The van der Waals surface area contributed by atoms with Crippen LogP contribution in [0.4, 0.5) is 4.39 Å². The first-order valence-corrected chi connectivity index (χ1v) is 8.89. The number of aromatic amines is 1. The topological polar surface area (TPSA) is 72.5 Å². The SMILES string of the molecule is CN(Cc1ccc(F)cc1)C[C@@]1(O)CCCN(C(=O)c2ncc[nH]2)CC1. The minimum Gasteiger partial charge on any atom is -0.388 e. The van der Waals surface area contributed by atoms with Gasteiger partial charge in [-0.05, 0) is 44.0 Å². The average molecular weight is 360 g/mol. The predicted octanol–water partition coefficient (Wildman–Crippen LogP) is 2.04. The molecule has 1 atom stereocenters. The second kappa shape index (κ2) is 7.97. The molecule has 0 bridgehead atoms. The van der Waals surface area contributed by atoms with Gasteiger partial charge in [-0.3, -0.25) is 9.69 Å². The van der Waals surface area contributed by atoms with Gasteiger partial charge in [0.2, 0.25) is 0 Å². The second-order valence-electron chi connectivity index (χ2n) is 7.11. The van der Waals surface area contributed by atoms with E-state index in [1.54, 1.807) is 29.4 Å². The molecule has 140 valence electrons. The summed E-state index contributed by atoms with van der Waals surface area (Å²) in [6.07, 6.45) is 5.10. The molecule has 6 nitrogen and oxygen atoms in total. The fourth-order valence-electron chi connectivity index (χ4n) is 3.53. The fraction of sp³-hybridized carbons (Fsp3) is 0.474. The average Bonchev–Trinajstić information content (AvgIpc) is 3.07. The number of likely N-dealkylation sites (N-methyl/N-ethyl adjacent to an activating group) is 1. The molecule has 1 aliphatic heterocycles. The van der Waals surface area contributed by atoms with E-state index in [0.29, 0.717) is 44.8 Å². The molecule has 1 fully saturated rings. The Morgan fingerprint density at radius 1 is 1.35 bits per heavy atom. The van der Waals surface area contributed by atoms with E-state index in [1.165, 1.54) is 12.1 Å². The molecule has 26 heavy (non-hydrogen) atoms. The van der Waals surface area contributed by atoms with Crippen LogP contribution in [0.25, 0.3) is 0 Å². The van der Waals surface area contributed by atoms with E-state index in [-0.39, 0.29) is 11.7 Å². The zero-order valence-corrected chi connectivity index (χ0v) is 15.0. The summed E-state index contributed by atoms with van der Waals surface area (Å²) >= 11 is 0. The number of carbonyl (C=O) groups excluding carboxylic acids is 1. The number of hydrogen-bond donors (Lipinski definition) is 2. The van der Waals surface area contributed by atoms with E-state index in [1.807, 2.05) is 11.9 Å². The number of rotatable bonds is 5. The normalized spacial score (nSPS) is 21.0. The van der Waals surface area contributed by atoms with Crippen LogP contribution in [0.2, 0.25) is 0 Å². The molecule has 0 aliphatic carbocycles. The van der Waals surface area contributed by atoms with Crippen molar-refractivity contribution in [2.24, 2.45) is 0 Å². The van der Waals surface area contributed by atoms with Crippen LogP contribution in [0.1, 0.15) is 35.4 Å². The van der Waals surface area contributed by atoms with E-state index in [9.17, 15) is 14.3 Å². The van der Waals surface area contributed by atoms with Gasteiger partial charge in [0.25, 0.3) is 5.91 Å². The van der Waals surface area contributed by atoms with Crippen LogP contribution in [-0.4, -0.2) is 63.1 Å². The third-order valence-corrected chi connectivity index (χ3v) is 4.84. The van der Waals surface area contributed by atoms with Gasteiger partial charge < -0.3 is 15.0 Å². The van der Waals surface area contributed by atoms with Crippen molar-refractivity contribution < 1.29 is 14.3 Å². The van der Waals surface area contributed by atoms with Gasteiger partial charge in [-0.15, -0.1) is 0 Å². The number of aromatic nitrogens is 2. The van der Waals surface area contributed by atoms with Gasteiger partial charge in [0.1, 0.15) is 5.82 Å². The number of amides is 1. The lowest BCUT2D eigenvalue weighted by atomic mass is 9.94. The molecule has 1 aliphatic rings. The van der Waals surface area contributed by atoms with Crippen molar-refractivity contribution in [1.82, 2.24) is 19.8 Å². The summed E-state index contributed by atoms with van der Waals surface area (Å²) in [4.78, 5) is 23.1.